The molecule has 0 atom stereocenters. The SMILES string of the molecule is COc1ccccc1C(=O)NC(=S)Nc1cc(C)ccc1O. The Balaban J connectivity index is 2.08. The summed E-state index contributed by atoms with van der Waals surface area (Å²) in [5, 5.41) is 15.2. The normalized spacial score (nSPS) is 9.91. The second kappa shape index (κ2) is 6.91. The van der Waals surface area contributed by atoms with Crippen molar-refractivity contribution in [3.63, 3.8) is 0 Å². The number of methoxy groups -OCH3 is 1. The van der Waals surface area contributed by atoms with E-state index in [2.05, 4.69) is 10.6 Å². The second-order valence-corrected chi connectivity index (χ2v) is 5.04. The smallest absolute Gasteiger partial charge is 0.261 e. The Labute approximate surface area is 133 Å². The average molecular weight is 316 g/mol. The molecule has 0 heterocycles. The van der Waals surface area contributed by atoms with Crippen LogP contribution in [-0.4, -0.2) is 23.2 Å². The van der Waals surface area contributed by atoms with Crippen molar-refractivity contribution < 1.29 is 14.6 Å². The van der Waals surface area contributed by atoms with Gasteiger partial charge in [0.1, 0.15) is 11.5 Å². The monoisotopic (exact) mass is 316 g/mol. The van der Waals surface area contributed by atoms with Crippen LogP contribution in [0.2, 0.25) is 0 Å². The van der Waals surface area contributed by atoms with E-state index < -0.39 is 0 Å². The number of anilines is 1. The van der Waals surface area contributed by atoms with Gasteiger partial charge in [-0.3, -0.25) is 10.1 Å². The topological polar surface area (TPSA) is 70.6 Å². The minimum Gasteiger partial charge on any atom is -0.506 e. The molecule has 0 aliphatic heterocycles. The van der Waals surface area contributed by atoms with Crippen LogP contribution in [0.3, 0.4) is 0 Å². The predicted molar refractivity (Wildman–Crippen MR) is 89.5 cm³/mol. The van der Waals surface area contributed by atoms with E-state index in [4.69, 9.17) is 17.0 Å². The maximum atomic E-state index is 12.2. The number of carbonyl (C=O) groups is 1. The lowest BCUT2D eigenvalue weighted by atomic mass is 10.2. The first-order valence-corrected chi connectivity index (χ1v) is 6.97. The van der Waals surface area contributed by atoms with Crippen LogP contribution in [0.4, 0.5) is 5.69 Å². The molecule has 0 saturated heterocycles. The van der Waals surface area contributed by atoms with Gasteiger partial charge in [0.05, 0.1) is 18.4 Å². The average Bonchev–Trinajstić information content (AvgIpc) is 2.50. The molecule has 0 aliphatic rings. The van der Waals surface area contributed by atoms with Gasteiger partial charge in [0.2, 0.25) is 0 Å². The number of hydrogen-bond acceptors (Lipinski definition) is 4. The molecule has 5 nitrogen and oxygen atoms in total. The Kier molecular flexibility index (Phi) is 4.95. The van der Waals surface area contributed by atoms with Crippen LogP contribution in [0.5, 0.6) is 11.5 Å². The number of aryl methyl sites for hydroxylation is 1. The molecule has 22 heavy (non-hydrogen) atoms. The van der Waals surface area contributed by atoms with E-state index in [9.17, 15) is 9.90 Å². The number of benzene rings is 2. The lowest BCUT2D eigenvalue weighted by molar-refractivity contribution is 0.0975. The number of carbonyl (C=O) groups excluding carboxylic acids is 1. The number of nitrogens with one attached hydrogen (secondary N) is 2. The van der Waals surface area contributed by atoms with Gasteiger partial charge in [-0.05, 0) is 49.0 Å². The molecule has 0 unspecified atom stereocenters. The molecule has 0 aliphatic carbocycles. The summed E-state index contributed by atoms with van der Waals surface area (Å²) in [7, 11) is 1.49. The van der Waals surface area contributed by atoms with Gasteiger partial charge in [-0.15, -0.1) is 0 Å². The highest BCUT2D eigenvalue weighted by molar-refractivity contribution is 7.80. The van der Waals surface area contributed by atoms with E-state index in [1.54, 1.807) is 42.5 Å². The third-order valence-electron chi connectivity index (χ3n) is 2.98. The summed E-state index contributed by atoms with van der Waals surface area (Å²) in [6, 6.07) is 11.9. The summed E-state index contributed by atoms with van der Waals surface area (Å²) >= 11 is 5.10. The molecular formula is C16H16N2O3S. The fourth-order valence-corrected chi connectivity index (χ4v) is 2.11. The number of hydrogen-bond donors (Lipinski definition) is 3. The maximum Gasteiger partial charge on any atom is 0.261 e. The second-order valence-electron chi connectivity index (χ2n) is 4.63. The number of para-hydroxylation sites is 1. The van der Waals surface area contributed by atoms with Crippen molar-refractivity contribution in [2.75, 3.05) is 12.4 Å². The fourth-order valence-electron chi connectivity index (χ4n) is 1.91. The van der Waals surface area contributed by atoms with Crippen LogP contribution in [0, 0.1) is 6.92 Å². The number of phenolic OH excluding ortho intramolecular Hbond substituents is 1. The Morgan fingerprint density at radius 1 is 1.23 bits per heavy atom. The molecule has 0 fully saturated rings. The van der Waals surface area contributed by atoms with Gasteiger partial charge in [-0.2, -0.15) is 0 Å². The molecule has 2 aromatic rings. The van der Waals surface area contributed by atoms with Gasteiger partial charge in [-0.1, -0.05) is 18.2 Å². The Morgan fingerprint density at radius 2 is 1.95 bits per heavy atom. The zero-order valence-electron chi connectivity index (χ0n) is 12.2. The number of ether oxygens (including phenoxy) is 1. The predicted octanol–water partition coefficient (Wildman–Crippen LogP) is 2.84. The van der Waals surface area contributed by atoms with Crippen LogP contribution >= 0.6 is 12.2 Å². The fraction of sp³-hybridized carbons (Fsp3) is 0.125. The van der Waals surface area contributed by atoms with Gasteiger partial charge in [-0.25, -0.2) is 0 Å². The third-order valence-corrected chi connectivity index (χ3v) is 3.18. The zero-order valence-corrected chi connectivity index (χ0v) is 13.0. The molecule has 2 rings (SSSR count). The van der Waals surface area contributed by atoms with E-state index in [1.807, 2.05) is 6.92 Å². The molecule has 2 aromatic carbocycles. The van der Waals surface area contributed by atoms with Crippen molar-refractivity contribution in [2.45, 2.75) is 6.92 Å². The minimum atomic E-state index is -0.387. The highest BCUT2D eigenvalue weighted by atomic mass is 32.1. The Bertz CT molecular complexity index is 716. The van der Waals surface area contributed by atoms with Crippen LogP contribution < -0.4 is 15.4 Å². The first kappa shape index (κ1) is 15.8. The lowest BCUT2D eigenvalue weighted by Gasteiger charge is -2.12. The highest BCUT2D eigenvalue weighted by Gasteiger charge is 2.13. The van der Waals surface area contributed by atoms with Gasteiger partial charge >= 0.3 is 0 Å². The van der Waals surface area contributed by atoms with Gasteiger partial charge < -0.3 is 15.2 Å². The van der Waals surface area contributed by atoms with Crippen LogP contribution in [0.15, 0.2) is 42.5 Å². The van der Waals surface area contributed by atoms with E-state index in [-0.39, 0.29) is 16.8 Å². The molecule has 3 N–H and O–H groups in total. The van der Waals surface area contributed by atoms with Gasteiger partial charge in [0.25, 0.3) is 5.91 Å². The summed E-state index contributed by atoms with van der Waals surface area (Å²) in [4.78, 5) is 12.2. The van der Waals surface area contributed by atoms with Crippen molar-refractivity contribution in [2.24, 2.45) is 0 Å². The van der Waals surface area contributed by atoms with E-state index in [1.165, 1.54) is 7.11 Å². The Hall–Kier alpha value is -2.60. The maximum absolute atomic E-state index is 12.2. The lowest BCUT2D eigenvalue weighted by Crippen LogP contribution is -2.34. The molecule has 6 heteroatoms. The molecule has 114 valence electrons. The first-order valence-electron chi connectivity index (χ1n) is 6.56. The number of rotatable bonds is 3. The van der Waals surface area contributed by atoms with Gasteiger partial charge in [0, 0.05) is 0 Å². The number of aromatic hydroxyl groups is 1. The number of thiocarbonyl (C=S) groups is 1. The quantitative estimate of drug-likeness (QED) is 0.600. The number of phenols is 1. The first-order chi connectivity index (χ1) is 10.5. The highest BCUT2D eigenvalue weighted by Crippen LogP contribution is 2.23. The summed E-state index contributed by atoms with van der Waals surface area (Å²) in [6.45, 7) is 1.89. The summed E-state index contributed by atoms with van der Waals surface area (Å²) in [6.07, 6.45) is 0. The van der Waals surface area contributed by atoms with Crippen molar-refractivity contribution in [1.29, 1.82) is 0 Å². The third kappa shape index (κ3) is 3.73. The van der Waals surface area contributed by atoms with Crippen molar-refractivity contribution in [3.05, 3.63) is 53.6 Å². The van der Waals surface area contributed by atoms with Crippen LogP contribution in [-0.2, 0) is 0 Å². The van der Waals surface area contributed by atoms with E-state index in [0.29, 0.717) is 17.0 Å². The largest absolute Gasteiger partial charge is 0.506 e. The molecular weight excluding hydrogens is 300 g/mol. The molecule has 1 amide bonds. The standard InChI is InChI=1S/C16H16N2O3S/c1-10-7-8-13(19)12(9-10)17-16(22)18-15(20)11-5-3-4-6-14(11)21-2/h3-9,19H,1-2H3,(H2,17,18,20,22). The molecule has 0 radical (unpaired) electrons. The molecule has 0 aromatic heterocycles. The Morgan fingerprint density at radius 3 is 2.68 bits per heavy atom. The van der Waals surface area contributed by atoms with Gasteiger partial charge in [0.15, 0.2) is 5.11 Å². The van der Waals surface area contributed by atoms with E-state index >= 15 is 0 Å². The molecule has 0 spiro atoms. The minimum absolute atomic E-state index is 0.0551. The van der Waals surface area contributed by atoms with Crippen molar-refractivity contribution in [3.8, 4) is 11.5 Å². The summed E-state index contributed by atoms with van der Waals surface area (Å²) in [5.41, 5.74) is 1.77. The van der Waals surface area contributed by atoms with E-state index in [0.717, 1.165) is 5.56 Å². The van der Waals surface area contributed by atoms with Crippen LogP contribution in [0.25, 0.3) is 0 Å². The summed E-state index contributed by atoms with van der Waals surface area (Å²) in [5.74, 6) is 0.128. The van der Waals surface area contributed by atoms with Crippen molar-refractivity contribution >= 4 is 28.9 Å². The molecule has 0 saturated carbocycles. The summed E-state index contributed by atoms with van der Waals surface area (Å²) < 4.78 is 5.14. The van der Waals surface area contributed by atoms with Crippen LogP contribution in [0.1, 0.15) is 15.9 Å². The zero-order chi connectivity index (χ0) is 16.1. The molecule has 0 bridgehead atoms. The number of amides is 1. The van der Waals surface area contributed by atoms with Crippen molar-refractivity contribution in [1.82, 2.24) is 5.32 Å².